The van der Waals surface area contributed by atoms with E-state index in [1.807, 2.05) is 6.92 Å². The number of urea groups is 1. The fraction of sp³-hybridized carbons (Fsp3) is 0.812. The van der Waals surface area contributed by atoms with Gasteiger partial charge in [0.15, 0.2) is 5.82 Å². The number of aliphatic hydroxyl groups excluding tert-OH is 1. The van der Waals surface area contributed by atoms with Crippen molar-refractivity contribution in [2.45, 2.75) is 70.4 Å². The Kier molecular flexibility index (Phi) is 6.38. The number of rotatable bonds is 6. The molecule has 130 valence electrons. The van der Waals surface area contributed by atoms with Gasteiger partial charge in [0.1, 0.15) is 6.04 Å². The van der Waals surface area contributed by atoms with Crippen molar-refractivity contribution in [3.8, 4) is 0 Å². The molecule has 2 atom stereocenters. The van der Waals surface area contributed by atoms with E-state index in [0.717, 1.165) is 18.7 Å². The first-order valence-electron chi connectivity index (χ1n) is 8.50. The van der Waals surface area contributed by atoms with Gasteiger partial charge in [-0.15, -0.1) is 0 Å². The summed E-state index contributed by atoms with van der Waals surface area (Å²) in [5.41, 5.74) is 0. The predicted molar refractivity (Wildman–Crippen MR) is 86.0 cm³/mol. The number of aromatic nitrogens is 2. The third-order valence-corrected chi connectivity index (χ3v) is 4.37. The normalized spacial score (nSPS) is 18.4. The fourth-order valence-electron chi connectivity index (χ4n) is 2.79. The molecule has 1 aromatic rings. The van der Waals surface area contributed by atoms with Gasteiger partial charge in [-0.05, 0) is 33.1 Å². The highest BCUT2D eigenvalue weighted by Crippen LogP contribution is 2.31. The van der Waals surface area contributed by atoms with Gasteiger partial charge in [-0.1, -0.05) is 24.4 Å². The monoisotopic (exact) mass is 324 g/mol. The molecule has 2 unspecified atom stereocenters. The van der Waals surface area contributed by atoms with Gasteiger partial charge in [-0.3, -0.25) is 0 Å². The molecule has 0 saturated heterocycles. The van der Waals surface area contributed by atoms with Gasteiger partial charge in [-0.2, -0.15) is 4.98 Å². The van der Waals surface area contributed by atoms with Gasteiger partial charge in [0.2, 0.25) is 5.89 Å². The van der Waals surface area contributed by atoms with Crippen molar-refractivity contribution in [2.75, 3.05) is 13.6 Å². The zero-order valence-electron chi connectivity index (χ0n) is 14.3. The van der Waals surface area contributed by atoms with Crippen molar-refractivity contribution in [3.63, 3.8) is 0 Å². The van der Waals surface area contributed by atoms with E-state index in [-0.39, 0.29) is 12.1 Å². The van der Waals surface area contributed by atoms with Gasteiger partial charge < -0.3 is 19.8 Å². The summed E-state index contributed by atoms with van der Waals surface area (Å²) in [4.78, 5) is 18.1. The summed E-state index contributed by atoms with van der Waals surface area (Å²) >= 11 is 0. The molecule has 1 aromatic heterocycles. The number of hydrogen-bond acceptors (Lipinski definition) is 5. The van der Waals surface area contributed by atoms with Crippen LogP contribution in [0.25, 0.3) is 0 Å². The van der Waals surface area contributed by atoms with E-state index in [0.29, 0.717) is 24.8 Å². The molecule has 2 N–H and O–H groups in total. The highest BCUT2D eigenvalue weighted by molar-refractivity contribution is 5.74. The number of carbonyl (C=O) groups is 1. The zero-order chi connectivity index (χ0) is 16.8. The molecule has 2 rings (SSSR count). The van der Waals surface area contributed by atoms with Crippen LogP contribution in [0.4, 0.5) is 4.79 Å². The Morgan fingerprint density at radius 3 is 2.74 bits per heavy atom. The molecule has 1 heterocycles. The van der Waals surface area contributed by atoms with Crippen molar-refractivity contribution in [1.82, 2.24) is 20.4 Å². The zero-order valence-corrected chi connectivity index (χ0v) is 14.3. The Labute approximate surface area is 137 Å². The quantitative estimate of drug-likeness (QED) is 0.839. The maximum Gasteiger partial charge on any atom is 0.317 e. The number of nitrogens with one attached hydrogen (secondary N) is 1. The molecule has 23 heavy (non-hydrogen) atoms. The second-order valence-corrected chi connectivity index (χ2v) is 6.56. The van der Waals surface area contributed by atoms with Crippen molar-refractivity contribution < 1.29 is 14.4 Å². The molecule has 2 amide bonds. The molecule has 7 nitrogen and oxygen atoms in total. The Morgan fingerprint density at radius 1 is 1.39 bits per heavy atom. The molecular weight excluding hydrogens is 296 g/mol. The second-order valence-electron chi connectivity index (χ2n) is 6.56. The SMILES string of the molecule is CC(O)CCN(C)C(=O)NC(C)c1nc(C2CCCCC2)no1. The number of aliphatic hydroxyl groups is 1. The van der Waals surface area contributed by atoms with Crippen LogP contribution in [-0.4, -0.2) is 45.9 Å². The number of carbonyl (C=O) groups excluding carboxylic acids is 1. The van der Waals surface area contributed by atoms with Gasteiger partial charge in [0, 0.05) is 19.5 Å². The lowest BCUT2D eigenvalue weighted by Crippen LogP contribution is -2.39. The van der Waals surface area contributed by atoms with Gasteiger partial charge >= 0.3 is 6.03 Å². The minimum absolute atomic E-state index is 0.212. The van der Waals surface area contributed by atoms with Gasteiger partial charge in [-0.25, -0.2) is 4.79 Å². The molecule has 0 radical (unpaired) electrons. The Hall–Kier alpha value is -1.63. The van der Waals surface area contributed by atoms with E-state index < -0.39 is 6.10 Å². The van der Waals surface area contributed by atoms with Crippen molar-refractivity contribution in [2.24, 2.45) is 0 Å². The van der Waals surface area contributed by atoms with Crippen LogP contribution < -0.4 is 5.32 Å². The molecule has 0 aromatic carbocycles. The summed E-state index contributed by atoms with van der Waals surface area (Å²) in [6, 6.07) is -0.545. The third-order valence-electron chi connectivity index (χ3n) is 4.37. The standard InChI is InChI=1S/C16H28N4O3/c1-11(21)9-10-20(3)16(22)17-12(2)15-18-14(19-23-15)13-7-5-4-6-8-13/h11-13,21H,4-10H2,1-3H3,(H,17,22). The summed E-state index contributed by atoms with van der Waals surface area (Å²) in [7, 11) is 1.70. The molecule has 0 spiro atoms. The summed E-state index contributed by atoms with van der Waals surface area (Å²) < 4.78 is 5.32. The van der Waals surface area contributed by atoms with E-state index in [4.69, 9.17) is 4.52 Å². The molecule has 7 heteroatoms. The molecule has 1 aliphatic carbocycles. The van der Waals surface area contributed by atoms with Crippen molar-refractivity contribution >= 4 is 6.03 Å². The van der Waals surface area contributed by atoms with Crippen LogP contribution in [-0.2, 0) is 0 Å². The molecule has 0 bridgehead atoms. The lowest BCUT2D eigenvalue weighted by Gasteiger charge is -2.20. The summed E-state index contributed by atoms with van der Waals surface area (Å²) in [5, 5.41) is 16.2. The van der Waals surface area contributed by atoms with E-state index in [1.54, 1.807) is 18.9 Å². The Morgan fingerprint density at radius 2 is 2.09 bits per heavy atom. The fourth-order valence-corrected chi connectivity index (χ4v) is 2.79. The highest BCUT2D eigenvalue weighted by Gasteiger charge is 2.24. The van der Waals surface area contributed by atoms with Crippen LogP contribution in [0.2, 0.25) is 0 Å². The number of hydrogen-bond donors (Lipinski definition) is 2. The number of nitrogens with zero attached hydrogens (tertiary/aromatic N) is 3. The molecule has 1 aliphatic rings. The molecule has 1 saturated carbocycles. The van der Waals surface area contributed by atoms with E-state index >= 15 is 0 Å². The maximum atomic E-state index is 12.1. The second kappa shape index (κ2) is 8.29. The summed E-state index contributed by atoms with van der Waals surface area (Å²) in [6.07, 6.45) is 6.07. The van der Waals surface area contributed by atoms with Crippen LogP contribution in [0.3, 0.4) is 0 Å². The maximum absolute atomic E-state index is 12.1. The van der Waals surface area contributed by atoms with Crippen LogP contribution in [0, 0.1) is 0 Å². The Bertz CT molecular complexity index is 497. The topological polar surface area (TPSA) is 91.5 Å². The minimum atomic E-state index is -0.420. The summed E-state index contributed by atoms with van der Waals surface area (Å²) in [6.45, 7) is 4.03. The third kappa shape index (κ3) is 5.20. The van der Waals surface area contributed by atoms with E-state index in [2.05, 4.69) is 15.5 Å². The lowest BCUT2D eigenvalue weighted by molar-refractivity contribution is 0.161. The largest absolute Gasteiger partial charge is 0.393 e. The smallest absolute Gasteiger partial charge is 0.317 e. The first-order valence-corrected chi connectivity index (χ1v) is 8.50. The van der Waals surface area contributed by atoms with Gasteiger partial charge in [0.05, 0.1) is 6.10 Å². The summed E-state index contributed by atoms with van der Waals surface area (Å²) in [5.74, 6) is 1.60. The minimum Gasteiger partial charge on any atom is -0.393 e. The molecule has 1 fully saturated rings. The van der Waals surface area contributed by atoms with Crippen LogP contribution >= 0.6 is 0 Å². The first kappa shape index (κ1) is 17.7. The predicted octanol–water partition coefficient (Wildman–Crippen LogP) is 2.59. The first-order chi connectivity index (χ1) is 11.0. The van der Waals surface area contributed by atoms with E-state index in [9.17, 15) is 9.90 Å². The van der Waals surface area contributed by atoms with Crippen LogP contribution in [0.15, 0.2) is 4.52 Å². The van der Waals surface area contributed by atoms with Crippen LogP contribution in [0.1, 0.15) is 76.0 Å². The number of amides is 2. The average Bonchev–Trinajstić information content (AvgIpc) is 3.03. The Balaban J connectivity index is 1.86. The van der Waals surface area contributed by atoms with E-state index in [1.165, 1.54) is 19.3 Å². The molecule has 0 aliphatic heterocycles. The van der Waals surface area contributed by atoms with Crippen LogP contribution in [0.5, 0.6) is 0 Å². The van der Waals surface area contributed by atoms with Crippen molar-refractivity contribution in [1.29, 1.82) is 0 Å². The average molecular weight is 324 g/mol. The highest BCUT2D eigenvalue weighted by atomic mass is 16.5. The van der Waals surface area contributed by atoms with Gasteiger partial charge in [0.25, 0.3) is 0 Å². The lowest BCUT2D eigenvalue weighted by atomic mass is 9.89. The van der Waals surface area contributed by atoms with Crippen molar-refractivity contribution in [3.05, 3.63) is 11.7 Å². The molecular formula is C16H28N4O3.